The smallest absolute Gasteiger partial charge is 0.203 e. The molecule has 3 heterocycles. The van der Waals surface area contributed by atoms with E-state index >= 15 is 0 Å². The van der Waals surface area contributed by atoms with Crippen molar-refractivity contribution in [3.63, 3.8) is 0 Å². The molecule has 0 amide bonds. The van der Waals surface area contributed by atoms with Gasteiger partial charge in [-0.25, -0.2) is 0 Å². The number of nitrogens with zero attached hydrogens (tertiary/aromatic N) is 7. The molecule has 8 heteroatoms. The van der Waals surface area contributed by atoms with Crippen LogP contribution in [0.25, 0.3) is 0 Å². The number of hydrogen-bond acceptors (Lipinski definition) is 6. The number of allylic oxidation sites excluding steroid dienone is 2. The summed E-state index contributed by atoms with van der Waals surface area (Å²) in [6.45, 7) is 0.506. The van der Waals surface area contributed by atoms with Gasteiger partial charge in [-0.05, 0) is 36.4 Å². The first-order valence-corrected chi connectivity index (χ1v) is 8.54. The van der Waals surface area contributed by atoms with Crippen molar-refractivity contribution in [1.82, 2.24) is 14.5 Å². The van der Waals surface area contributed by atoms with E-state index in [4.69, 9.17) is 0 Å². The largest absolute Gasteiger partial charge is 0.395 e. The molecule has 0 bridgehead atoms. The Morgan fingerprint density at radius 3 is 2.81 bits per heavy atom. The van der Waals surface area contributed by atoms with Gasteiger partial charge in [-0.3, -0.25) is 4.98 Å². The van der Waals surface area contributed by atoms with Gasteiger partial charge < -0.3 is 14.6 Å². The predicted molar refractivity (Wildman–Crippen MR) is 102 cm³/mol. The minimum Gasteiger partial charge on any atom is -0.395 e. The number of rotatable bonds is 5. The van der Waals surface area contributed by atoms with Crippen molar-refractivity contribution in [2.45, 2.75) is 6.17 Å². The average Bonchev–Trinajstić information content (AvgIpc) is 2.71. The van der Waals surface area contributed by atoms with Crippen molar-refractivity contribution < 1.29 is 5.11 Å². The molecule has 1 unspecified atom stereocenters. The zero-order chi connectivity index (χ0) is 18.9. The van der Waals surface area contributed by atoms with Gasteiger partial charge in [0.15, 0.2) is 11.7 Å². The molecule has 2 aromatic heterocycles. The van der Waals surface area contributed by atoms with Gasteiger partial charge in [0.05, 0.1) is 6.61 Å². The van der Waals surface area contributed by atoms with Crippen molar-refractivity contribution in [3.05, 3.63) is 84.4 Å². The molecule has 8 nitrogen and oxygen atoms in total. The maximum Gasteiger partial charge on any atom is 0.203 e. The monoisotopic (exact) mass is 363 g/mol. The topological polar surface area (TPSA) is 90.7 Å². The molecule has 1 aliphatic rings. The van der Waals surface area contributed by atoms with Gasteiger partial charge in [-0.2, -0.15) is 5.11 Å². The van der Waals surface area contributed by atoms with E-state index < -0.39 is 0 Å². The van der Waals surface area contributed by atoms with Crippen LogP contribution in [-0.4, -0.2) is 44.7 Å². The molecule has 2 aromatic rings. The summed E-state index contributed by atoms with van der Waals surface area (Å²) in [5.41, 5.74) is 1.46. The lowest BCUT2D eigenvalue weighted by Gasteiger charge is -2.25. The number of aliphatic hydroxyl groups excluding tert-OH is 1. The molecular weight excluding hydrogens is 342 g/mol. The van der Waals surface area contributed by atoms with Gasteiger partial charge in [0.25, 0.3) is 0 Å². The lowest BCUT2D eigenvalue weighted by molar-refractivity contribution is 0.216. The summed E-state index contributed by atoms with van der Waals surface area (Å²) in [7, 11) is 1.90. The molecule has 3 rings (SSSR count). The summed E-state index contributed by atoms with van der Waals surface area (Å²) in [6.07, 6.45) is 12.5. The van der Waals surface area contributed by atoms with Crippen molar-refractivity contribution in [3.8, 4) is 0 Å². The third kappa shape index (κ3) is 5.05. The van der Waals surface area contributed by atoms with Gasteiger partial charge >= 0.3 is 0 Å². The summed E-state index contributed by atoms with van der Waals surface area (Å²) in [4.78, 5) is 5.92. The number of aliphatic hydroxyl groups is 1. The van der Waals surface area contributed by atoms with Gasteiger partial charge in [0.1, 0.15) is 0 Å². The zero-order valence-corrected chi connectivity index (χ0v) is 15.0. The summed E-state index contributed by atoms with van der Waals surface area (Å²) < 4.78 is 1.86. The quantitative estimate of drug-likeness (QED) is 0.380. The van der Waals surface area contributed by atoms with E-state index in [-0.39, 0.29) is 12.8 Å². The standard InChI is InChI=1S/C19H21N7O/c1-25-12-4-2-6-17(25)21-23-19(16-8-10-20-11-9-16)24-22-18-7-3-5-13-26(18)14-15-27/h2-13,18,27H,14-15H2,1H3/b21-17+,23-19+,24-22+. The fraction of sp³-hybridized carbons (Fsp3) is 0.211. The van der Waals surface area contributed by atoms with Crippen molar-refractivity contribution >= 4 is 5.84 Å². The molecule has 0 fully saturated rings. The van der Waals surface area contributed by atoms with E-state index in [9.17, 15) is 5.11 Å². The zero-order valence-electron chi connectivity index (χ0n) is 15.0. The van der Waals surface area contributed by atoms with E-state index in [1.165, 1.54) is 0 Å². The first kappa shape index (κ1) is 18.4. The maximum absolute atomic E-state index is 9.21. The van der Waals surface area contributed by atoms with E-state index in [1.807, 2.05) is 65.3 Å². The van der Waals surface area contributed by atoms with Gasteiger partial charge in [0.2, 0.25) is 5.84 Å². The third-order valence-corrected chi connectivity index (χ3v) is 3.85. The summed E-state index contributed by atoms with van der Waals surface area (Å²) in [6, 6.07) is 9.29. The van der Waals surface area contributed by atoms with E-state index in [1.54, 1.807) is 24.5 Å². The summed E-state index contributed by atoms with van der Waals surface area (Å²) in [5.74, 6) is 0.383. The van der Waals surface area contributed by atoms with E-state index in [0.29, 0.717) is 17.9 Å². The highest BCUT2D eigenvalue weighted by Gasteiger charge is 2.13. The Bertz CT molecular complexity index is 928. The van der Waals surface area contributed by atoms with Crippen LogP contribution >= 0.6 is 0 Å². The molecule has 1 atom stereocenters. The fourth-order valence-electron chi connectivity index (χ4n) is 2.42. The Balaban J connectivity index is 1.93. The first-order valence-electron chi connectivity index (χ1n) is 8.54. The lowest BCUT2D eigenvalue weighted by atomic mass is 10.2. The summed E-state index contributed by atoms with van der Waals surface area (Å²) in [5, 5.41) is 26.5. The summed E-state index contributed by atoms with van der Waals surface area (Å²) >= 11 is 0. The normalized spacial score (nSPS) is 17.9. The Labute approximate surface area is 157 Å². The molecule has 1 N–H and O–H groups in total. The molecule has 0 aromatic carbocycles. The second-order valence-electron chi connectivity index (χ2n) is 5.75. The first-order chi connectivity index (χ1) is 13.3. The van der Waals surface area contributed by atoms with Gasteiger partial charge in [-0.1, -0.05) is 12.1 Å². The minimum absolute atomic E-state index is 0.0370. The van der Waals surface area contributed by atoms with Crippen LogP contribution in [0.5, 0.6) is 0 Å². The lowest BCUT2D eigenvalue weighted by Crippen LogP contribution is -2.31. The molecular formula is C19H21N7O. The van der Waals surface area contributed by atoms with E-state index in [0.717, 1.165) is 5.56 Å². The Morgan fingerprint density at radius 1 is 1.19 bits per heavy atom. The highest BCUT2D eigenvalue weighted by Crippen LogP contribution is 2.11. The maximum atomic E-state index is 9.21. The number of β-amino-alcohol motifs (C(OH)–C–C–N with tert-alkyl or cyclic N) is 1. The van der Waals surface area contributed by atoms with Crippen molar-refractivity contribution in [1.29, 1.82) is 0 Å². The second kappa shape index (κ2) is 9.35. The van der Waals surface area contributed by atoms with Crippen LogP contribution in [0, 0.1) is 0 Å². The van der Waals surface area contributed by atoms with E-state index in [2.05, 4.69) is 25.4 Å². The Hall–Kier alpha value is -3.39. The second-order valence-corrected chi connectivity index (χ2v) is 5.75. The fourth-order valence-corrected chi connectivity index (χ4v) is 2.42. The Kier molecular flexibility index (Phi) is 6.37. The molecule has 1 aliphatic heterocycles. The number of azo groups is 1. The molecule has 0 saturated carbocycles. The van der Waals surface area contributed by atoms with Crippen LogP contribution in [0.1, 0.15) is 5.56 Å². The number of amidine groups is 1. The van der Waals surface area contributed by atoms with Gasteiger partial charge in [0, 0.05) is 43.9 Å². The van der Waals surface area contributed by atoms with Crippen LogP contribution in [0.3, 0.4) is 0 Å². The van der Waals surface area contributed by atoms with Gasteiger partial charge in [-0.15, -0.1) is 15.3 Å². The number of aryl methyl sites for hydroxylation is 1. The molecule has 0 spiro atoms. The molecule has 0 aliphatic carbocycles. The van der Waals surface area contributed by atoms with Crippen LogP contribution in [0.2, 0.25) is 0 Å². The molecule has 138 valence electrons. The van der Waals surface area contributed by atoms with Crippen molar-refractivity contribution in [2.75, 3.05) is 13.2 Å². The van der Waals surface area contributed by atoms with Crippen molar-refractivity contribution in [2.24, 2.45) is 27.5 Å². The number of pyridine rings is 2. The molecule has 0 saturated heterocycles. The van der Waals surface area contributed by atoms with Crippen LogP contribution < -0.4 is 5.49 Å². The van der Waals surface area contributed by atoms with Crippen LogP contribution in [0.4, 0.5) is 0 Å². The predicted octanol–water partition coefficient (Wildman–Crippen LogP) is 1.84. The molecule has 27 heavy (non-hydrogen) atoms. The average molecular weight is 363 g/mol. The van der Waals surface area contributed by atoms with Crippen LogP contribution in [0.15, 0.2) is 93.8 Å². The van der Waals surface area contributed by atoms with Crippen LogP contribution in [-0.2, 0) is 7.05 Å². The Morgan fingerprint density at radius 2 is 2.04 bits per heavy atom. The highest BCUT2D eigenvalue weighted by molar-refractivity contribution is 5.98. The highest BCUT2D eigenvalue weighted by atomic mass is 16.3. The SMILES string of the molecule is Cn1cccc\c1=N/N=C(/N=N/C1C=CC=CN1CCO)c1ccncc1. The minimum atomic E-state index is -0.304. The molecule has 0 radical (unpaired) electrons. The third-order valence-electron chi connectivity index (χ3n) is 3.85. The number of aromatic nitrogens is 2. The number of hydrogen-bond donors (Lipinski definition) is 1.